The van der Waals surface area contributed by atoms with Gasteiger partial charge in [0.05, 0.1) is 12.1 Å². The smallest absolute Gasteiger partial charge is 0.324 e. The minimum Gasteiger partial charge on any atom is -0.324 e. The molecule has 0 bridgehead atoms. The number of amides is 1. The van der Waals surface area contributed by atoms with Crippen molar-refractivity contribution in [2.75, 3.05) is 5.32 Å². The molecule has 0 saturated carbocycles. The van der Waals surface area contributed by atoms with Gasteiger partial charge in [0.1, 0.15) is 6.54 Å². The number of nitrogens with zero attached hydrogens (tertiary/aromatic N) is 4. The zero-order chi connectivity index (χ0) is 22.8. The molecule has 0 unspecified atom stereocenters. The van der Waals surface area contributed by atoms with Gasteiger partial charge in [-0.05, 0) is 41.3 Å². The van der Waals surface area contributed by atoms with Crippen molar-refractivity contribution in [1.29, 1.82) is 0 Å². The quantitative estimate of drug-likeness (QED) is 0.456. The Bertz CT molecular complexity index is 1600. The molecule has 0 radical (unpaired) electrons. The highest BCUT2D eigenvalue weighted by Gasteiger charge is 2.17. The van der Waals surface area contributed by atoms with E-state index in [0.29, 0.717) is 11.2 Å². The van der Waals surface area contributed by atoms with E-state index in [-0.39, 0.29) is 24.5 Å². The van der Waals surface area contributed by atoms with Gasteiger partial charge in [0.15, 0.2) is 5.52 Å². The summed E-state index contributed by atoms with van der Waals surface area (Å²) in [5.74, 6) is -0.382. The Morgan fingerprint density at radius 1 is 0.848 bits per heavy atom. The summed E-state index contributed by atoms with van der Waals surface area (Å²) >= 11 is 0. The third-order valence-corrected chi connectivity index (χ3v) is 5.44. The summed E-state index contributed by atoms with van der Waals surface area (Å²) in [6.45, 7) is -0.210. The second kappa shape index (κ2) is 8.51. The molecule has 162 valence electrons. The van der Waals surface area contributed by atoms with E-state index in [1.807, 2.05) is 42.5 Å². The number of aromatic nitrogens is 4. The van der Waals surface area contributed by atoms with Gasteiger partial charge in [-0.25, -0.2) is 9.78 Å². The van der Waals surface area contributed by atoms with E-state index < -0.39 is 11.2 Å². The number of carbonyl (C=O) groups is 1. The number of rotatable bonds is 5. The summed E-state index contributed by atoms with van der Waals surface area (Å²) in [4.78, 5) is 47.4. The van der Waals surface area contributed by atoms with Crippen molar-refractivity contribution in [1.82, 2.24) is 19.1 Å². The topological polar surface area (TPSA) is 98.9 Å². The lowest BCUT2D eigenvalue weighted by molar-refractivity contribution is -0.116. The van der Waals surface area contributed by atoms with Gasteiger partial charge in [0.25, 0.3) is 5.56 Å². The summed E-state index contributed by atoms with van der Waals surface area (Å²) < 4.78 is 2.38. The molecule has 1 amide bonds. The fourth-order valence-corrected chi connectivity index (χ4v) is 3.87. The predicted molar refractivity (Wildman–Crippen MR) is 126 cm³/mol. The Balaban J connectivity index is 1.55. The van der Waals surface area contributed by atoms with Gasteiger partial charge < -0.3 is 5.32 Å². The Morgan fingerprint density at radius 3 is 2.48 bits per heavy atom. The van der Waals surface area contributed by atoms with Crippen LogP contribution in [0, 0.1) is 0 Å². The molecule has 1 N–H and O–H groups in total. The molecule has 0 aliphatic carbocycles. The van der Waals surface area contributed by atoms with Crippen LogP contribution in [0.15, 0.2) is 94.9 Å². The average Bonchev–Trinajstić information content (AvgIpc) is 2.85. The number of hydrogen-bond acceptors (Lipinski definition) is 5. The lowest BCUT2D eigenvalue weighted by Crippen LogP contribution is -2.42. The Hall–Kier alpha value is -4.59. The van der Waals surface area contributed by atoms with Crippen LogP contribution < -0.4 is 16.6 Å². The van der Waals surface area contributed by atoms with Crippen molar-refractivity contribution in [2.45, 2.75) is 13.1 Å². The largest absolute Gasteiger partial charge is 0.332 e. The number of fused-ring (bicyclic) bond motifs is 2. The van der Waals surface area contributed by atoms with Crippen LogP contribution in [0.2, 0.25) is 0 Å². The fraction of sp³-hybridized carbons (Fsp3) is 0.0800. The highest BCUT2D eigenvalue weighted by Crippen LogP contribution is 2.23. The molecule has 3 heterocycles. The predicted octanol–water partition coefficient (Wildman–Crippen LogP) is 2.79. The van der Waals surface area contributed by atoms with E-state index in [0.717, 1.165) is 20.9 Å². The fourth-order valence-electron chi connectivity index (χ4n) is 3.87. The van der Waals surface area contributed by atoms with Gasteiger partial charge in [-0.2, -0.15) is 0 Å². The van der Waals surface area contributed by atoms with E-state index in [4.69, 9.17) is 0 Å². The van der Waals surface area contributed by atoms with Crippen LogP contribution in [-0.2, 0) is 17.9 Å². The first kappa shape index (κ1) is 20.3. The Labute approximate surface area is 187 Å². The third-order valence-electron chi connectivity index (χ3n) is 5.44. The van der Waals surface area contributed by atoms with Gasteiger partial charge in [-0.15, -0.1) is 0 Å². The first-order valence-corrected chi connectivity index (χ1v) is 10.4. The average molecular weight is 437 g/mol. The van der Waals surface area contributed by atoms with E-state index in [9.17, 15) is 14.4 Å². The molecule has 0 saturated heterocycles. The number of benzene rings is 2. The van der Waals surface area contributed by atoms with Crippen molar-refractivity contribution >= 4 is 33.4 Å². The molecule has 8 nitrogen and oxygen atoms in total. The summed E-state index contributed by atoms with van der Waals surface area (Å²) in [6.07, 6.45) is 4.68. The van der Waals surface area contributed by atoms with Crippen molar-refractivity contribution < 1.29 is 4.79 Å². The summed E-state index contributed by atoms with van der Waals surface area (Å²) in [6, 6.07) is 20.1. The van der Waals surface area contributed by atoms with Crippen molar-refractivity contribution in [3.05, 3.63) is 112 Å². The van der Waals surface area contributed by atoms with Crippen LogP contribution in [0.1, 0.15) is 5.56 Å². The molecule has 0 fully saturated rings. The summed E-state index contributed by atoms with van der Waals surface area (Å²) in [5.41, 5.74) is 0.754. The Morgan fingerprint density at radius 2 is 1.64 bits per heavy atom. The first-order valence-electron chi connectivity index (χ1n) is 10.4. The molecule has 3 aromatic heterocycles. The van der Waals surface area contributed by atoms with E-state index in [2.05, 4.69) is 15.3 Å². The van der Waals surface area contributed by atoms with E-state index >= 15 is 0 Å². The minimum absolute atomic E-state index is 0.0532. The van der Waals surface area contributed by atoms with Crippen LogP contribution in [-0.4, -0.2) is 25.0 Å². The molecular weight excluding hydrogens is 418 g/mol. The van der Waals surface area contributed by atoms with Crippen molar-refractivity contribution in [3.8, 4) is 0 Å². The number of anilines is 1. The monoisotopic (exact) mass is 437 g/mol. The maximum Gasteiger partial charge on any atom is 0.332 e. The van der Waals surface area contributed by atoms with Gasteiger partial charge in [-0.1, -0.05) is 36.4 Å². The zero-order valence-electron chi connectivity index (χ0n) is 17.5. The van der Waals surface area contributed by atoms with Crippen LogP contribution in [0.5, 0.6) is 0 Å². The molecule has 8 heteroatoms. The van der Waals surface area contributed by atoms with Crippen LogP contribution in [0.25, 0.3) is 21.8 Å². The number of hydrogen-bond donors (Lipinski definition) is 1. The van der Waals surface area contributed by atoms with Gasteiger partial charge >= 0.3 is 5.69 Å². The molecular formula is C25H19N5O3. The first-order chi connectivity index (χ1) is 16.1. The molecule has 0 atom stereocenters. The molecule has 5 rings (SSSR count). The molecule has 33 heavy (non-hydrogen) atoms. The lowest BCUT2D eigenvalue weighted by Gasteiger charge is -2.14. The standard InChI is InChI=1S/C25H19N5O3/c31-22(28-20-8-3-6-18-5-1-2-7-19(18)20)16-29-21-9-4-12-27-23(21)24(32)30(25(29)33)15-17-10-13-26-14-11-17/h1-14H,15-16H2,(H,28,31). The second-order valence-corrected chi connectivity index (χ2v) is 7.56. The van der Waals surface area contributed by atoms with Crippen LogP contribution in [0.3, 0.4) is 0 Å². The maximum atomic E-state index is 13.3. The lowest BCUT2D eigenvalue weighted by atomic mass is 10.1. The van der Waals surface area contributed by atoms with Gasteiger partial charge in [-0.3, -0.25) is 23.7 Å². The van der Waals surface area contributed by atoms with E-state index in [1.165, 1.54) is 10.8 Å². The zero-order valence-corrected chi connectivity index (χ0v) is 17.5. The molecule has 5 aromatic rings. The number of carbonyl (C=O) groups excluding carboxylic acids is 1. The minimum atomic E-state index is -0.578. The maximum absolute atomic E-state index is 13.3. The summed E-state index contributed by atoms with van der Waals surface area (Å²) in [5, 5.41) is 4.79. The second-order valence-electron chi connectivity index (χ2n) is 7.56. The van der Waals surface area contributed by atoms with Crippen molar-refractivity contribution in [3.63, 3.8) is 0 Å². The van der Waals surface area contributed by atoms with Gasteiger partial charge in [0.2, 0.25) is 5.91 Å². The molecule has 2 aromatic carbocycles. The molecule has 0 aliphatic heterocycles. The third kappa shape index (κ3) is 3.89. The number of pyridine rings is 2. The van der Waals surface area contributed by atoms with E-state index in [1.54, 1.807) is 36.7 Å². The molecule has 0 spiro atoms. The highest BCUT2D eigenvalue weighted by atomic mass is 16.2. The van der Waals surface area contributed by atoms with Crippen LogP contribution >= 0.6 is 0 Å². The van der Waals surface area contributed by atoms with Crippen molar-refractivity contribution in [2.24, 2.45) is 0 Å². The van der Waals surface area contributed by atoms with Crippen LogP contribution in [0.4, 0.5) is 5.69 Å². The SMILES string of the molecule is O=C(Cn1c(=O)n(Cc2ccncc2)c(=O)c2ncccc21)Nc1cccc2ccccc12. The normalized spacial score (nSPS) is 11.0. The number of nitrogens with one attached hydrogen (secondary N) is 1. The summed E-state index contributed by atoms with van der Waals surface area (Å²) in [7, 11) is 0. The highest BCUT2D eigenvalue weighted by molar-refractivity contribution is 6.02. The van der Waals surface area contributed by atoms with Gasteiger partial charge in [0, 0.05) is 29.7 Å². The Kier molecular flexibility index (Phi) is 5.24. The molecule has 0 aliphatic rings.